The normalized spacial score (nSPS) is 8.07. The molecule has 0 heterocycles. The molecular formula is C12H15NO2. The summed E-state index contributed by atoms with van der Waals surface area (Å²) in [6.45, 7) is 4.13. The van der Waals surface area contributed by atoms with Crippen LogP contribution in [-0.4, -0.2) is 12.6 Å². The molecule has 0 N–H and O–H groups in total. The average molecular weight is 205 g/mol. The molecule has 0 saturated heterocycles. The molecule has 1 rings (SSSR count). The fraction of sp³-hybridized carbons (Fsp3) is 0.333. The number of rotatable bonds is 2. The Morgan fingerprint density at radius 1 is 1.40 bits per heavy atom. The van der Waals surface area contributed by atoms with E-state index < -0.39 is 5.97 Å². The van der Waals surface area contributed by atoms with Crippen LogP contribution in [0.2, 0.25) is 0 Å². The summed E-state index contributed by atoms with van der Waals surface area (Å²) in [5.74, 6) is -0.449. The van der Waals surface area contributed by atoms with Gasteiger partial charge < -0.3 is 4.74 Å². The third-order valence-corrected chi connectivity index (χ3v) is 1.47. The second-order valence-corrected chi connectivity index (χ2v) is 2.79. The smallest absolute Gasteiger partial charge is 0.320 e. The molecule has 80 valence electrons. The molecule has 0 saturated carbocycles. The first-order chi connectivity index (χ1) is 7.20. The fourth-order valence-electron chi connectivity index (χ4n) is 0.811. The Kier molecular flexibility index (Phi) is 7.70. The average Bonchev–Trinajstić information content (AvgIpc) is 2.20. The summed E-state index contributed by atoms with van der Waals surface area (Å²) in [5.41, 5.74) is 1.32. The molecule has 0 unspecified atom stereocenters. The van der Waals surface area contributed by atoms with Crippen LogP contribution in [0.3, 0.4) is 0 Å². The Labute approximate surface area is 90.3 Å². The SMILES string of the molecule is CCOC(=O)CC#N.Cc1ccccc1. The highest BCUT2D eigenvalue weighted by Crippen LogP contribution is 1.92. The molecule has 15 heavy (non-hydrogen) atoms. The topological polar surface area (TPSA) is 50.1 Å². The van der Waals surface area contributed by atoms with Gasteiger partial charge in [-0.15, -0.1) is 0 Å². The van der Waals surface area contributed by atoms with Crippen molar-refractivity contribution in [2.24, 2.45) is 0 Å². The van der Waals surface area contributed by atoms with Crippen LogP contribution in [0.25, 0.3) is 0 Å². The van der Waals surface area contributed by atoms with E-state index in [1.807, 2.05) is 18.2 Å². The van der Waals surface area contributed by atoms with Crippen molar-refractivity contribution in [3.05, 3.63) is 35.9 Å². The highest BCUT2D eigenvalue weighted by atomic mass is 16.5. The molecule has 0 atom stereocenters. The van der Waals surface area contributed by atoms with Crippen molar-refractivity contribution in [1.82, 2.24) is 0 Å². The quantitative estimate of drug-likeness (QED) is 0.697. The van der Waals surface area contributed by atoms with E-state index in [0.29, 0.717) is 6.61 Å². The predicted octanol–water partition coefficient (Wildman–Crippen LogP) is 2.46. The zero-order valence-corrected chi connectivity index (χ0v) is 9.06. The molecule has 1 aromatic carbocycles. The number of benzene rings is 1. The van der Waals surface area contributed by atoms with E-state index in [2.05, 4.69) is 23.8 Å². The van der Waals surface area contributed by atoms with Crippen LogP contribution >= 0.6 is 0 Å². The van der Waals surface area contributed by atoms with Gasteiger partial charge in [0.05, 0.1) is 12.7 Å². The van der Waals surface area contributed by atoms with Gasteiger partial charge in [-0.05, 0) is 13.8 Å². The van der Waals surface area contributed by atoms with Crippen LogP contribution in [0.1, 0.15) is 18.9 Å². The van der Waals surface area contributed by atoms with E-state index in [-0.39, 0.29) is 6.42 Å². The summed E-state index contributed by atoms with van der Waals surface area (Å²) in [7, 11) is 0. The Hall–Kier alpha value is -1.82. The monoisotopic (exact) mass is 205 g/mol. The van der Waals surface area contributed by atoms with Crippen LogP contribution in [0.5, 0.6) is 0 Å². The van der Waals surface area contributed by atoms with E-state index in [4.69, 9.17) is 5.26 Å². The molecule has 0 bridgehead atoms. The third kappa shape index (κ3) is 8.51. The molecule has 0 amide bonds. The molecule has 0 aromatic heterocycles. The molecule has 3 nitrogen and oxygen atoms in total. The summed E-state index contributed by atoms with van der Waals surface area (Å²) >= 11 is 0. The molecule has 0 aliphatic heterocycles. The number of hydrogen-bond donors (Lipinski definition) is 0. The van der Waals surface area contributed by atoms with Crippen LogP contribution in [0.4, 0.5) is 0 Å². The van der Waals surface area contributed by atoms with Crippen molar-refractivity contribution in [2.75, 3.05) is 6.61 Å². The minimum atomic E-state index is -0.449. The molecule has 0 fully saturated rings. The van der Waals surface area contributed by atoms with Gasteiger partial charge in [-0.25, -0.2) is 0 Å². The molecule has 1 aromatic rings. The van der Waals surface area contributed by atoms with Crippen LogP contribution in [-0.2, 0) is 9.53 Å². The summed E-state index contributed by atoms with van der Waals surface area (Å²) < 4.78 is 4.42. The lowest BCUT2D eigenvalue weighted by Gasteiger charge is -1.92. The molecule has 0 radical (unpaired) electrons. The minimum Gasteiger partial charge on any atom is -0.465 e. The van der Waals surface area contributed by atoms with Gasteiger partial charge >= 0.3 is 5.97 Å². The van der Waals surface area contributed by atoms with E-state index >= 15 is 0 Å². The number of ether oxygens (including phenoxy) is 1. The summed E-state index contributed by atoms with van der Waals surface area (Å²) in [4.78, 5) is 10.2. The van der Waals surface area contributed by atoms with E-state index in [1.54, 1.807) is 13.0 Å². The van der Waals surface area contributed by atoms with E-state index in [1.165, 1.54) is 5.56 Å². The summed E-state index contributed by atoms with van der Waals surface area (Å²) in [6.07, 6.45) is -0.145. The van der Waals surface area contributed by atoms with Crippen molar-refractivity contribution in [3.63, 3.8) is 0 Å². The van der Waals surface area contributed by atoms with Gasteiger partial charge in [-0.3, -0.25) is 4.79 Å². The first kappa shape index (κ1) is 13.2. The Morgan fingerprint density at radius 2 is 2.00 bits per heavy atom. The number of aryl methyl sites for hydroxylation is 1. The number of nitriles is 1. The lowest BCUT2D eigenvalue weighted by Crippen LogP contribution is -2.01. The van der Waals surface area contributed by atoms with E-state index in [9.17, 15) is 4.79 Å². The summed E-state index contributed by atoms with van der Waals surface area (Å²) in [6, 6.07) is 11.9. The Balaban J connectivity index is 0.000000262. The van der Waals surface area contributed by atoms with Gasteiger partial charge in [0.15, 0.2) is 0 Å². The number of hydrogen-bond acceptors (Lipinski definition) is 3. The van der Waals surface area contributed by atoms with Gasteiger partial charge in [0.1, 0.15) is 6.42 Å². The van der Waals surface area contributed by atoms with Gasteiger partial charge in [0.2, 0.25) is 0 Å². The van der Waals surface area contributed by atoms with Crippen molar-refractivity contribution >= 4 is 5.97 Å². The maximum absolute atomic E-state index is 10.2. The highest BCUT2D eigenvalue weighted by Gasteiger charge is 1.95. The molecular weight excluding hydrogens is 190 g/mol. The first-order valence-electron chi connectivity index (χ1n) is 4.75. The zero-order chi connectivity index (χ0) is 11.5. The van der Waals surface area contributed by atoms with Gasteiger partial charge in [-0.2, -0.15) is 5.26 Å². The maximum Gasteiger partial charge on any atom is 0.320 e. The van der Waals surface area contributed by atoms with Crippen LogP contribution in [0.15, 0.2) is 30.3 Å². The minimum absolute atomic E-state index is 0.145. The molecule has 0 aliphatic carbocycles. The second kappa shape index (κ2) is 8.76. The van der Waals surface area contributed by atoms with Crippen molar-refractivity contribution in [1.29, 1.82) is 5.26 Å². The number of carbonyl (C=O) groups is 1. The second-order valence-electron chi connectivity index (χ2n) is 2.79. The maximum atomic E-state index is 10.2. The Bertz CT molecular complexity index is 314. The van der Waals surface area contributed by atoms with Gasteiger partial charge in [0.25, 0.3) is 0 Å². The predicted molar refractivity (Wildman–Crippen MR) is 58.0 cm³/mol. The largest absolute Gasteiger partial charge is 0.465 e. The fourth-order valence-corrected chi connectivity index (χ4v) is 0.811. The van der Waals surface area contributed by atoms with Crippen LogP contribution in [0, 0.1) is 18.3 Å². The number of nitrogens with zero attached hydrogens (tertiary/aromatic N) is 1. The van der Waals surface area contributed by atoms with Crippen molar-refractivity contribution < 1.29 is 9.53 Å². The highest BCUT2D eigenvalue weighted by molar-refractivity contribution is 5.71. The zero-order valence-electron chi connectivity index (χ0n) is 9.06. The number of esters is 1. The lowest BCUT2D eigenvalue weighted by molar-refractivity contribution is -0.141. The summed E-state index contributed by atoms with van der Waals surface area (Å²) in [5, 5.41) is 7.91. The van der Waals surface area contributed by atoms with Crippen molar-refractivity contribution in [2.45, 2.75) is 20.3 Å². The third-order valence-electron chi connectivity index (χ3n) is 1.47. The van der Waals surface area contributed by atoms with E-state index in [0.717, 1.165) is 0 Å². The first-order valence-corrected chi connectivity index (χ1v) is 4.75. The standard InChI is InChI=1S/C7H8.C5H7NO2/c1-7-5-3-2-4-6-7;1-2-8-5(7)3-4-6/h2-6H,1H3;2-3H2,1H3. The molecule has 3 heteroatoms. The van der Waals surface area contributed by atoms with Gasteiger partial charge in [0, 0.05) is 0 Å². The van der Waals surface area contributed by atoms with Crippen molar-refractivity contribution in [3.8, 4) is 6.07 Å². The molecule has 0 aliphatic rings. The van der Waals surface area contributed by atoms with Crippen LogP contribution < -0.4 is 0 Å². The Morgan fingerprint density at radius 3 is 2.33 bits per heavy atom. The lowest BCUT2D eigenvalue weighted by atomic mass is 10.2. The molecule has 0 spiro atoms. The van der Waals surface area contributed by atoms with Gasteiger partial charge in [-0.1, -0.05) is 35.9 Å². The number of carbonyl (C=O) groups excluding carboxylic acids is 1.